The van der Waals surface area contributed by atoms with Crippen LogP contribution in [0.2, 0.25) is 5.02 Å². The largest absolute Gasteiger partial charge is 0.476 e. The van der Waals surface area contributed by atoms with Crippen molar-refractivity contribution in [2.45, 2.75) is 13.0 Å². The second-order valence-corrected chi connectivity index (χ2v) is 5.55. The molecule has 0 aliphatic heterocycles. The highest BCUT2D eigenvalue weighted by molar-refractivity contribution is 6.31. The zero-order chi connectivity index (χ0) is 16.6. The molecule has 116 valence electrons. The summed E-state index contributed by atoms with van der Waals surface area (Å²) in [7, 11) is 0. The molecule has 0 saturated carbocycles. The summed E-state index contributed by atoms with van der Waals surface area (Å²) in [5.41, 5.74) is 0.201. The van der Waals surface area contributed by atoms with Crippen molar-refractivity contribution in [3.8, 4) is 0 Å². The van der Waals surface area contributed by atoms with Gasteiger partial charge in [0.25, 0.3) is 5.56 Å². The highest BCUT2D eigenvalue weighted by atomic mass is 35.5. The quantitative estimate of drug-likeness (QED) is 0.800. The normalized spacial score (nSPS) is 12.3. The van der Waals surface area contributed by atoms with Gasteiger partial charge in [0.2, 0.25) is 0 Å². The van der Waals surface area contributed by atoms with E-state index in [4.69, 9.17) is 11.6 Å². The smallest absolute Gasteiger partial charge is 0.357 e. The van der Waals surface area contributed by atoms with E-state index in [1.54, 1.807) is 49.4 Å². The molecule has 5 nitrogen and oxygen atoms in total. The lowest BCUT2D eigenvalue weighted by molar-refractivity contribution is 0.0689. The second-order valence-electron chi connectivity index (χ2n) is 5.15. The molecule has 2 aromatic carbocycles. The molecule has 23 heavy (non-hydrogen) atoms. The van der Waals surface area contributed by atoms with E-state index in [1.165, 1.54) is 4.68 Å². The first-order valence-corrected chi connectivity index (χ1v) is 7.37. The van der Waals surface area contributed by atoms with Crippen LogP contribution in [0.15, 0.2) is 53.3 Å². The van der Waals surface area contributed by atoms with Gasteiger partial charge in [0.1, 0.15) is 0 Å². The standard InChI is InChI=1S/C17H13ClN2O3/c1-10(11-6-4-5-9-14(11)18)20-16(21)13-8-3-2-7-12(13)15(19-20)17(22)23/h2-10H,1H3,(H,22,23). The molecule has 0 aliphatic carbocycles. The van der Waals surface area contributed by atoms with E-state index < -0.39 is 12.0 Å². The number of benzene rings is 2. The number of hydrogen-bond acceptors (Lipinski definition) is 3. The van der Waals surface area contributed by atoms with E-state index in [1.807, 2.05) is 6.07 Å². The fraction of sp³-hybridized carbons (Fsp3) is 0.118. The monoisotopic (exact) mass is 328 g/mol. The Morgan fingerprint density at radius 2 is 1.74 bits per heavy atom. The first kappa shape index (κ1) is 15.2. The number of rotatable bonds is 3. The second kappa shape index (κ2) is 5.85. The number of aromatic nitrogens is 2. The van der Waals surface area contributed by atoms with Crippen LogP contribution in [0.5, 0.6) is 0 Å². The Kier molecular flexibility index (Phi) is 3.88. The maximum absolute atomic E-state index is 12.7. The first-order valence-electron chi connectivity index (χ1n) is 7.00. The highest BCUT2D eigenvalue weighted by Crippen LogP contribution is 2.25. The van der Waals surface area contributed by atoms with Crippen molar-refractivity contribution in [3.05, 3.63) is 75.2 Å². The Labute approximate surface area is 136 Å². The minimum Gasteiger partial charge on any atom is -0.476 e. The van der Waals surface area contributed by atoms with Gasteiger partial charge in [-0.15, -0.1) is 0 Å². The topological polar surface area (TPSA) is 72.2 Å². The van der Waals surface area contributed by atoms with Gasteiger partial charge in [-0.2, -0.15) is 5.10 Å². The van der Waals surface area contributed by atoms with Crippen molar-refractivity contribution in [1.82, 2.24) is 9.78 Å². The molecule has 1 atom stereocenters. The number of nitrogens with zero attached hydrogens (tertiary/aromatic N) is 2. The van der Waals surface area contributed by atoms with E-state index in [2.05, 4.69) is 5.10 Å². The average molecular weight is 329 g/mol. The summed E-state index contributed by atoms with van der Waals surface area (Å²) in [4.78, 5) is 24.2. The van der Waals surface area contributed by atoms with Crippen LogP contribution in [0.1, 0.15) is 29.0 Å². The molecule has 1 heterocycles. The predicted octanol–water partition coefficient (Wildman–Crippen LogP) is 3.36. The molecule has 1 unspecified atom stereocenters. The van der Waals surface area contributed by atoms with Crippen LogP contribution < -0.4 is 5.56 Å². The number of halogens is 1. The number of carboxylic acids is 1. The minimum atomic E-state index is -1.18. The number of carbonyl (C=O) groups is 1. The van der Waals surface area contributed by atoms with Crippen molar-refractivity contribution >= 4 is 28.3 Å². The van der Waals surface area contributed by atoms with E-state index in [0.29, 0.717) is 21.4 Å². The lowest BCUT2D eigenvalue weighted by Crippen LogP contribution is -2.29. The Hall–Kier alpha value is -2.66. The fourth-order valence-corrected chi connectivity index (χ4v) is 2.87. The Balaban J connectivity index is 2.30. The van der Waals surface area contributed by atoms with Gasteiger partial charge in [-0.1, -0.05) is 48.0 Å². The van der Waals surface area contributed by atoms with Crippen LogP contribution in [-0.2, 0) is 0 Å². The third-order valence-corrected chi connectivity index (χ3v) is 4.10. The van der Waals surface area contributed by atoms with Gasteiger partial charge in [-0.25, -0.2) is 9.48 Å². The van der Waals surface area contributed by atoms with Crippen molar-refractivity contribution in [1.29, 1.82) is 0 Å². The molecule has 0 aliphatic rings. The Morgan fingerprint density at radius 1 is 1.13 bits per heavy atom. The molecule has 3 rings (SSSR count). The van der Waals surface area contributed by atoms with Gasteiger partial charge >= 0.3 is 5.97 Å². The van der Waals surface area contributed by atoms with Gasteiger partial charge < -0.3 is 5.11 Å². The Bertz CT molecular complexity index is 965. The van der Waals surface area contributed by atoms with Crippen LogP contribution in [0, 0.1) is 0 Å². The highest BCUT2D eigenvalue weighted by Gasteiger charge is 2.20. The van der Waals surface area contributed by atoms with Crippen molar-refractivity contribution < 1.29 is 9.90 Å². The maximum atomic E-state index is 12.7. The van der Waals surface area contributed by atoms with Crippen LogP contribution in [0.4, 0.5) is 0 Å². The Morgan fingerprint density at radius 3 is 2.39 bits per heavy atom. The van der Waals surface area contributed by atoms with Gasteiger partial charge in [0.15, 0.2) is 5.69 Å². The average Bonchev–Trinajstić information content (AvgIpc) is 2.55. The van der Waals surface area contributed by atoms with Crippen LogP contribution in [-0.4, -0.2) is 20.9 Å². The van der Waals surface area contributed by atoms with Gasteiger partial charge in [0.05, 0.1) is 11.4 Å². The van der Waals surface area contributed by atoms with Gasteiger partial charge in [0, 0.05) is 10.4 Å². The van der Waals surface area contributed by atoms with Gasteiger partial charge in [-0.3, -0.25) is 4.79 Å². The molecule has 0 spiro atoms. The fourth-order valence-electron chi connectivity index (χ4n) is 2.57. The molecule has 0 radical (unpaired) electrons. The van der Waals surface area contributed by atoms with Crippen LogP contribution in [0.25, 0.3) is 10.8 Å². The third-order valence-electron chi connectivity index (χ3n) is 3.75. The molecule has 6 heteroatoms. The zero-order valence-electron chi connectivity index (χ0n) is 12.2. The summed E-state index contributed by atoms with van der Waals surface area (Å²) in [5.74, 6) is -1.18. The molecule has 1 N–H and O–H groups in total. The molecule has 0 bridgehead atoms. The summed E-state index contributed by atoms with van der Waals surface area (Å²) >= 11 is 6.18. The number of hydrogen-bond donors (Lipinski definition) is 1. The van der Waals surface area contributed by atoms with E-state index >= 15 is 0 Å². The number of carboxylic acid groups (broad SMARTS) is 1. The van der Waals surface area contributed by atoms with Crippen molar-refractivity contribution in [2.24, 2.45) is 0 Å². The summed E-state index contributed by atoms with van der Waals surface area (Å²) in [6.45, 7) is 1.76. The SMILES string of the molecule is CC(c1ccccc1Cl)n1nc(C(=O)O)c2ccccc2c1=O. The number of fused-ring (bicyclic) bond motifs is 1. The van der Waals surface area contributed by atoms with E-state index in [-0.39, 0.29) is 11.3 Å². The summed E-state index contributed by atoms with van der Waals surface area (Å²) in [6.07, 6.45) is 0. The lowest BCUT2D eigenvalue weighted by Gasteiger charge is -2.17. The summed E-state index contributed by atoms with van der Waals surface area (Å²) in [5, 5.41) is 14.6. The van der Waals surface area contributed by atoms with Crippen LogP contribution in [0.3, 0.4) is 0 Å². The molecule has 0 amide bonds. The maximum Gasteiger partial charge on any atom is 0.357 e. The van der Waals surface area contributed by atoms with Crippen molar-refractivity contribution in [2.75, 3.05) is 0 Å². The minimum absolute atomic E-state index is 0.154. The van der Waals surface area contributed by atoms with E-state index in [9.17, 15) is 14.7 Å². The molecule has 3 aromatic rings. The third kappa shape index (κ3) is 2.59. The summed E-state index contributed by atoms with van der Waals surface area (Å²) in [6, 6.07) is 13.2. The van der Waals surface area contributed by atoms with Crippen LogP contribution >= 0.6 is 11.6 Å². The molecular formula is C17H13ClN2O3. The molecule has 0 fully saturated rings. The number of aromatic carboxylic acids is 1. The first-order chi connectivity index (χ1) is 11.0. The van der Waals surface area contributed by atoms with E-state index in [0.717, 1.165) is 0 Å². The molecular weight excluding hydrogens is 316 g/mol. The molecule has 1 aromatic heterocycles. The predicted molar refractivity (Wildman–Crippen MR) is 88.2 cm³/mol. The molecule has 0 saturated heterocycles. The summed E-state index contributed by atoms with van der Waals surface area (Å²) < 4.78 is 1.17. The van der Waals surface area contributed by atoms with Crippen molar-refractivity contribution in [3.63, 3.8) is 0 Å². The lowest BCUT2D eigenvalue weighted by atomic mass is 10.1. The van der Waals surface area contributed by atoms with Gasteiger partial charge in [-0.05, 0) is 24.6 Å². The zero-order valence-corrected chi connectivity index (χ0v) is 13.0.